The fourth-order valence-electron chi connectivity index (χ4n) is 3.86. The summed E-state index contributed by atoms with van der Waals surface area (Å²) in [6, 6.07) is 6.66. The second kappa shape index (κ2) is 9.37. The van der Waals surface area contributed by atoms with Crippen LogP contribution in [-0.2, 0) is 10.0 Å². The van der Waals surface area contributed by atoms with Gasteiger partial charge >= 0.3 is 0 Å². The van der Waals surface area contributed by atoms with Gasteiger partial charge in [-0.2, -0.15) is 4.31 Å². The second-order valence-corrected chi connectivity index (χ2v) is 9.40. The number of likely N-dealkylation sites (tertiary alicyclic amines) is 1. The summed E-state index contributed by atoms with van der Waals surface area (Å²) in [6.45, 7) is 4.85. The van der Waals surface area contributed by atoms with Crippen molar-refractivity contribution < 1.29 is 13.2 Å². The molecule has 2 heterocycles. The summed E-state index contributed by atoms with van der Waals surface area (Å²) in [6.07, 6.45) is 3.82. The zero-order valence-corrected chi connectivity index (χ0v) is 17.7. The molecule has 0 spiro atoms. The average Bonchev–Trinajstić information content (AvgIpc) is 3.10. The number of likely N-dealkylation sites (N-methyl/N-ethyl adjacent to an activating group) is 1. The van der Waals surface area contributed by atoms with E-state index in [-0.39, 0.29) is 29.3 Å². The van der Waals surface area contributed by atoms with Crippen LogP contribution < -0.4 is 5.32 Å². The van der Waals surface area contributed by atoms with E-state index in [1.54, 1.807) is 28.6 Å². The largest absolute Gasteiger partial charge is 0.334 e. The number of halogens is 1. The van der Waals surface area contributed by atoms with Crippen molar-refractivity contribution in [2.45, 2.75) is 43.5 Å². The standard InChI is InChI=1S/C19H29N3O3S.ClH/c1-15-9-12-21(13-10-15)26(24,25)18-7-5-16(6-8-18)19(23)22-11-3-4-17(22)14-20-2;/h5-8,15,17,20H,3-4,9-14H2,1-2H3;1H. The van der Waals surface area contributed by atoms with Crippen LogP contribution in [0, 0.1) is 5.92 Å². The number of carbonyl (C=O) groups excluding carboxylic acids is 1. The average molecular weight is 416 g/mol. The lowest BCUT2D eigenvalue weighted by atomic mass is 10.0. The molecule has 2 saturated heterocycles. The van der Waals surface area contributed by atoms with E-state index in [0.29, 0.717) is 24.6 Å². The summed E-state index contributed by atoms with van der Waals surface area (Å²) < 4.78 is 27.1. The fraction of sp³-hybridized carbons (Fsp3) is 0.632. The maximum absolute atomic E-state index is 12.8. The Hall–Kier alpha value is -1.15. The third-order valence-electron chi connectivity index (χ3n) is 5.56. The molecule has 3 rings (SSSR count). The van der Waals surface area contributed by atoms with E-state index in [1.807, 2.05) is 11.9 Å². The predicted molar refractivity (Wildman–Crippen MR) is 109 cm³/mol. The second-order valence-electron chi connectivity index (χ2n) is 7.46. The highest BCUT2D eigenvalue weighted by Crippen LogP contribution is 2.25. The minimum atomic E-state index is -3.47. The predicted octanol–water partition coefficient (Wildman–Crippen LogP) is 2.35. The van der Waals surface area contributed by atoms with Crippen molar-refractivity contribution in [3.8, 4) is 0 Å². The molecule has 27 heavy (non-hydrogen) atoms. The van der Waals surface area contributed by atoms with Crippen LogP contribution in [0.25, 0.3) is 0 Å². The van der Waals surface area contributed by atoms with E-state index in [2.05, 4.69) is 12.2 Å². The van der Waals surface area contributed by atoms with Gasteiger partial charge in [-0.15, -0.1) is 12.4 Å². The lowest BCUT2D eigenvalue weighted by Crippen LogP contribution is -2.40. The number of carbonyl (C=O) groups is 1. The van der Waals surface area contributed by atoms with Gasteiger partial charge in [0, 0.05) is 37.8 Å². The molecule has 2 aliphatic heterocycles. The molecule has 6 nitrogen and oxygen atoms in total. The SMILES string of the molecule is CNCC1CCCN1C(=O)c1ccc(S(=O)(=O)N2CCC(C)CC2)cc1.Cl. The van der Waals surface area contributed by atoms with Crippen LogP contribution in [0.2, 0.25) is 0 Å². The van der Waals surface area contributed by atoms with E-state index < -0.39 is 10.0 Å². The minimum absolute atomic E-state index is 0. The van der Waals surface area contributed by atoms with Gasteiger partial charge < -0.3 is 10.2 Å². The Bertz CT molecular complexity index is 731. The van der Waals surface area contributed by atoms with Crippen LogP contribution in [0.5, 0.6) is 0 Å². The Morgan fingerprint density at radius 1 is 1.11 bits per heavy atom. The summed E-state index contributed by atoms with van der Waals surface area (Å²) >= 11 is 0. The van der Waals surface area contributed by atoms with Gasteiger partial charge in [0.25, 0.3) is 5.91 Å². The molecule has 1 aromatic rings. The maximum atomic E-state index is 12.8. The normalized spacial score (nSPS) is 21.9. The molecule has 0 radical (unpaired) electrons. The first-order chi connectivity index (χ1) is 12.4. The maximum Gasteiger partial charge on any atom is 0.254 e. The van der Waals surface area contributed by atoms with Gasteiger partial charge in [-0.25, -0.2) is 8.42 Å². The number of nitrogens with one attached hydrogen (secondary N) is 1. The van der Waals surface area contributed by atoms with Gasteiger partial charge in [-0.3, -0.25) is 4.79 Å². The zero-order valence-electron chi connectivity index (χ0n) is 16.1. The van der Waals surface area contributed by atoms with E-state index in [1.165, 1.54) is 0 Å². The van der Waals surface area contributed by atoms with E-state index >= 15 is 0 Å². The van der Waals surface area contributed by atoms with Gasteiger partial charge in [-0.05, 0) is 62.9 Å². The van der Waals surface area contributed by atoms with Crippen LogP contribution in [0.1, 0.15) is 43.0 Å². The molecule has 8 heteroatoms. The van der Waals surface area contributed by atoms with Crippen molar-refractivity contribution in [3.05, 3.63) is 29.8 Å². The number of piperidine rings is 1. The summed E-state index contributed by atoms with van der Waals surface area (Å²) in [5.41, 5.74) is 0.555. The number of rotatable bonds is 5. The van der Waals surface area contributed by atoms with Crippen molar-refractivity contribution in [2.75, 3.05) is 33.2 Å². The molecule has 152 valence electrons. The van der Waals surface area contributed by atoms with E-state index in [9.17, 15) is 13.2 Å². The highest BCUT2D eigenvalue weighted by atomic mass is 35.5. The number of sulfonamides is 1. The topological polar surface area (TPSA) is 69.7 Å². The highest BCUT2D eigenvalue weighted by molar-refractivity contribution is 7.89. The molecule has 2 fully saturated rings. The van der Waals surface area contributed by atoms with Crippen molar-refractivity contribution in [1.29, 1.82) is 0 Å². The van der Waals surface area contributed by atoms with Crippen molar-refractivity contribution in [2.24, 2.45) is 5.92 Å². The molecule has 1 N–H and O–H groups in total. The molecule has 0 saturated carbocycles. The quantitative estimate of drug-likeness (QED) is 0.801. The van der Waals surface area contributed by atoms with Crippen molar-refractivity contribution >= 4 is 28.3 Å². The Labute approximate surface area is 168 Å². The number of amides is 1. The van der Waals surface area contributed by atoms with Crippen molar-refractivity contribution in [1.82, 2.24) is 14.5 Å². The van der Waals surface area contributed by atoms with Crippen LogP contribution in [0.15, 0.2) is 29.2 Å². The van der Waals surface area contributed by atoms with Crippen LogP contribution in [-0.4, -0.2) is 62.8 Å². The van der Waals surface area contributed by atoms with Crippen LogP contribution >= 0.6 is 12.4 Å². The van der Waals surface area contributed by atoms with Gasteiger partial charge in [0.2, 0.25) is 10.0 Å². The first kappa shape index (κ1) is 22.1. The Kier molecular flexibility index (Phi) is 7.68. The molecule has 0 aliphatic carbocycles. The minimum Gasteiger partial charge on any atom is -0.334 e. The van der Waals surface area contributed by atoms with E-state index in [4.69, 9.17) is 0 Å². The van der Waals surface area contributed by atoms with Gasteiger partial charge in [-0.1, -0.05) is 6.92 Å². The van der Waals surface area contributed by atoms with Gasteiger partial charge in [0.1, 0.15) is 0 Å². The smallest absolute Gasteiger partial charge is 0.254 e. The van der Waals surface area contributed by atoms with Crippen LogP contribution in [0.4, 0.5) is 0 Å². The lowest BCUT2D eigenvalue weighted by molar-refractivity contribution is 0.0737. The number of benzene rings is 1. The first-order valence-electron chi connectivity index (χ1n) is 9.49. The van der Waals surface area contributed by atoms with Crippen molar-refractivity contribution in [3.63, 3.8) is 0 Å². The highest BCUT2D eigenvalue weighted by Gasteiger charge is 2.30. The van der Waals surface area contributed by atoms with E-state index in [0.717, 1.165) is 38.8 Å². The Balaban J connectivity index is 0.00000261. The fourth-order valence-corrected chi connectivity index (χ4v) is 5.33. The summed E-state index contributed by atoms with van der Waals surface area (Å²) in [5, 5.41) is 3.14. The lowest BCUT2D eigenvalue weighted by Gasteiger charge is -2.29. The number of nitrogens with zero attached hydrogens (tertiary/aromatic N) is 2. The van der Waals surface area contributed by atoms with Gasteiger partial charge in [0.05, 0.1) is 4.90 Å². The Morgan fingerprint density at radius 2 is 1.74 bits per heavy atom. The molecule has 1 unspecified atom stereocenters. The Morgan fingerprint density at radius 3 is 2.33 bits per heavy atom. The molecule has 0 bridgehead atoms. The third-order valence-corrected chi connectivity index (χ3v) is 7.47. The first-order valence-corrected chi connectivity index (χ1v) is 10.9. The summed E-state index contributed by atoms with van der Waals surface area (Å²) in [4.78, 5) is 14.9. The molecule has 2 aliphatic rings. The van der Waals surface area contributed by atoms with Gasteiger partial charge in [0.15, 0.2) is 0 Å². The molecular weight excluding hydrogens is 386 g/mol. The monoisotopic (exact) mass is 415 g/mol. The molecule has 1 aromatic carbocycles. The molecule has 1 atom stereocenters. The number of hydrogen-bond acceptors (Lipinski definition) is 4. The van der Waals surface area contributed by atoms with Crippen LogP contribution in [0.3, 0.4) is 0 Å². The molecule has 0 aromatic heterocycles. The zero-order chi connectivity index (χ0) is 18.7. The third kappa shape index (κ3) is 4.83. The number of hydrogen-bond donors (Lipinski definition) is 1. The summed E-state index contributed by atoms with van der Waals surface area (Å²) in [5.74, 6) is 0.561. The molecular formula is C19H30ClN3O3S. The molecule has 1 amide bonds. The summed E-state index contributed by atoms with van der Waals surface area (Å²) in [7, 11) is -1.58.